The molecule has 2 fully saturated rings. The lowest BCUT2D eigenvalue weighted by atomic mass is 10.3. The summed E-state index contributed by atoms with van der Waals surface area (Å²) in [6, 6.07) is 0. The van der Waals surface area contributed by atoms with Crippen LogP contribution in [0.3, 0.4) is 0 Å². The highest BCUT2D eigenvalue weighted by Gasteiger charge is 2.54. The van der Waals surface area contributed by atoms with Crippen LogP contribution in [0.2, 0.25) is 0 Å². The van der Waals surface area contributed by atoms with Crippen LogP contribution in [0.4, 0.5) is 8.78 Å². The van der Waals surface area contributed by atoms with Crippen LogP contribution in [0.25, 0.3) is 0 Å². The Hall–Kier alpha value is -0.720. The summed E-state index contributed by atoms with van der Waals surface area (Å²) in [5, 5.41) is 0. The van der Waals surface area contributed by atoms with Crippen molar-refractivity contribution in [3.05, 3.63) is 0 Å². The van der Waals surface area contributed by atoms with Gasteiger partial charge in [-0.2, -0.15) is 0 Å². The van der Waals surface area contributed by atoms with Crippen molar-refractivity contribution in [3.8, 4) is 0 Å². The summed E-state index contributed by atoms with van der Waals surface area (Å²) in [4.78, 5) is 11.4. The van der Waals surface area contributed by atoms with Gasteiger partial charge in [-0.05, 0) is 26.2 Å². The summed E-state index contributed by atoms with van der Waals surface area (Å²) in [6.07, 6.45) is -1.44. The topological polar surface area (TPSA) is 63.2 Å². The van der Waals surface area contributed by atoms with Gasteiger partial charge in [-0.25, -0.2) is 17.2 Å². The van der Waals surface area contributed by atoms with E-state index in [9.17, 15) is 22.0 Å². The minimum atomic E-state index is -3.68. The van der Waals surface area contributed by atoms with Crippen LogP contribution in [0.15, 0.2) is 0 Å². The number of sulfonamides is 1. The molecule has 0 radical (unpaired) electrons. The first-order chi connectivity index (χ1) is 7.27. The maximum absolute atomic E-state index is 12.2. The zero-order valence-corrected chi connectivity index (χ0v) is 9.56. The quantitative estimate of drug-likeness (QED) is 0.809. The molecule has 1 unspecified atom stereocenters. The van der Waals surface area contributed by atoms with Crippen molar-refractivity contribution in [2.45, 2.75) is 37.4 Å². The fourth-order valence-electron chi connectivity index (χ4n) is 1.57. The number of carbonyl (C=O) groups excluding carboxylic acids is 1. The molecule has 0 bridgehead atoms. The SMILES string of the molecule is CC1(S(=O)(=O)NC(=O)[C@H]2CC2C(F)F)CC1. The Bertz CT molecular complexity index is 416. The lowest BCUT2D eigenvalue weighted by molar-refractivity contribution is -0.121. The van der Waals surface area contributed by atoms with E-state index in [-0.39, 0.29) is 6.42 Å². The summed E-state index contributed by atoms with van der Waals surface area (Å²) in [7, 11) is -3.68. The third kappa shape index (κ3) is 1.92. The van der Waals surface area contributed by atoms with Crippen LogP contribution in [-0.2, 0) is 14.8 Å². The summed E-state index contributed by atoms with van der Waals surface area (Å²) in [5.41, 5.74) is 0. The molecule has 2 saturated carbocycles. The van der Waals surface area contributed by atoms with Crippen LogP contribution >= 0.6 is 0 Å². The molecule has 0 heterocycles. The Morgan fingerprint density at radius 2 is 2.00 bits per heavy atom. The van der Waals surface area contributed by atoms with Crippen LogP contribution in [-0.4, -0.2) is 25.5 Å². The Morgan fingerprint density at radius 1 is 1.44 bits per heavy atom. The van der Waals surface area contributed by atoms with E-state index in [1.165, 1.54) is 0 Å². The molecule has 4 nitrogen and oxygen atoms in total. The Balaban J connectivity index is 1.94. The van der Waals surface area contributed by atoms with Crippen molar-refractivity contribution in [1.82, 2.24) is 4.72 Å². The molecule has 0 aromatic carbocycles. The fourth-order valence-corrected chi connectivity index (χ4v) is 2.87. The van der Waals surface area contributed by atoms with Gasteiger partial charge in [0.1, 0.15) is 0 Å². The molecular weight excluding hydrogens is 240 g/mol. The standard InChI is InChI=1S/C9H13F2NO3S/c1-9(2-3-9)16(14,15)12-8(13)6-4-5(6)7(10)11/h5-7H,2-4H2,1H3,(H,12,13)/t5?,6-/m0/s1. The van der Waals surface area contributed by atoms with Gasteiger partial charge in [0, 0.05) is 11.8 Å². The van der Waals surface area contributed by atoms with Gasteiger partial charge in [-0.1, -0.05) is 0 Å². The highest BCUT2D eigenvalue weighted by Crippen LogP contribution is 2.45. The zero-order valence-electron chi connectivity index (χ0n) is 8.74. The van der Waals surface area contributed by atoms with Crippen LogP contribution in [0.1, 0.15) is 26.2 Å². The van der Waals surface area contributed by atoms with Crippen molar-refractivity contribution in [2.24, 2.45) is 11.8 Å². The number of halogens is 2. The molecule has 0 aromatic heterocycles. The van der Waals surface area contributed by atoms with E-state index in [0.29, 0.717) is 12.8 Å². The fraction of sp³-hybridized carbons (Fsp3) is 0.889. The highest BCUT2D eigenvalue weighted by atomic mass is 32.2. The number of hydrogen-bond acceptors (Lipinski definition) is 3. The van der Waals surface area contributed by atoms with Crippen molar-refractivity contribution in [2.75, 3.05) is 0 Å². The van der Waals surface area contributed by atoms with Gasteiger partial charge < -0.3 is 0 Å². The molecule has 92 valence electrons. The molecule has 16 heavy (non-hydrogen) atoms. The highest BCUT2D eigenvalue weighted by molar-refractivity contribution is 7.91. The van der Waals surface area contributed by atoms with E-state index in [0.717, 1.165) is 0 Å². The molecular formula is C9H13F2NO3S. The second-order valence-electron chi connectivity index (χ2n) is 4.76. The molecule has 0 saturated heterocycles. The number of nitrogens with one attached hydrogen (secondary N) is 1. The maximum Gasteiger partial charge on any atom is 0.242 e. The summed E-state index contributed by atoms with van der Waals surface area (Å²) < 4.78 is 48.6. The predicted octanol–water partition coefficient (Wildman–Crippen LogP) is 0.886. The average molecular weight is 253 g/mol. The van der Waals surface area contributed by atoms with E-state index in [1.54, 1.807) is 6.92 Å². The summed E-state index contributed by atoms with van der Waals surface area (Å²) in [5.74, 6) is -2.59. The van der Waals surface area contributed by atoms with E-state index < -0.39 is 38.9 Å². The molecule has 1 amide bonds. The number of hydrogen-bond donors (Lipinski definition) is 1. The number of carbonyl (C=O) groups is 1. The van der Waals surface area contributed by atoms with Gasteiger partial charge in [0.2, 0.25) is 22.4 Å². The lowest BCUT2D eigenvalue weighted by Gasteiger charge is -2.11. The van der Waals surface area contributed by atoms with Crippen molar-refractivity contribution in [3.63, 3.8) is 0 Å². The van der Waals surface area contributed by atoms with E-state index in [2.05, 4.69) is 0 Å². The van der Waals surface area contributed by atoms with Crippen molar-refractivity contribution < 1.29 is 22.0 Å². The average Bonchev–Trinajstić information content (AvgIpc) is 2.93. The van der Waals surface area contributed by atoms with E-state index in [4.69, 9.17) is 0 Å². The molecule has 2 aliphatic rings. The minimum absolute atomic E-state index is 0.0791. The second kappa shape index (κ2) is 3.38. The largest absolute Gasteiger partial charge is 0.274 e. The Morgan fingerprint density at radius 3 is 2.38 bits per heavy atom. The predicted molar refractivity (Wildman–Crippen MR) is 52.3 cm³/mol. The van der Waals surface area contributed by atoms with Gasteiger partial charge in [0.25, 0.3) is 0 Å². The molecule has 0 spiro atoms. The normalized spacial score (nSPS) is 31.2. The third-order valence-corrected chi connectivity index (χ3v) is 5.51. The number of rotatable bonds is 4. The molecule has 2 atom stereocenters. The third-order valence-electron chi connectivity index (χ3n) is 3.34. The first-order valence-electron chi connectivity index (χ1n) is 5.11. The Labute approximate surface area is 92.5 Å². The minimum Gasteiger partial charge on any atom is -0.274 e. The van der Waals surface area contributed by atoms with Crippen LogP contribution in [0, 0.1) is 11.8 Å². The van der Waals surface area contributed by atoms with E-state index >= 15 is 0 Å². The van der Waals surface area contributed by atoms with Gasteiger partial charge >= 0.3 is 0 Å². The van der Waals surface area contributed by atoms with Crippen LogP contribution < -0.4 is 4.72 Å². The second-order valence-corrected chi connectivity index (χ2v) is 6.96. The van der Waals surface area contributed by atoms with Crippen molar-refractivity contribution in [1.29, 1.82) is 0 Å². The zero-order chi connectivity index (χ0) is 12.1. The molecule has 2 rings (SSSR count). The molecule has 1 N–H and O–H groups in total. The van der Waals surface area contributed by atoms with Crippen molar-refractivity contribution >= 4 is 15.9 Å². The first-order valence-corrected chi connectivity index (χ1v) is 6.59. The van der Waals surface area contributed by atoms with Gasteiger partial charge in [0.05, 0.1) is 4.75 Å². The smallest absolute Gasteiger partial charge is 0.242 e. The molecule has 0 aliphatic heterocycles. The van der Waals surface area contributed by atoms with Crippen LogP contribution in [0.5, 0.6) is 0 Å². The van der Waals surface area contributed by atoms with Gasteiger partial charge in [0.15, 0.2) is 0 Å². The number of amides is 1. The number of alkyl halides is 2. The summed E-state index contributed by atoms with van der Waals surface area (Å²) >= 11 is 0. The summed E-state index contributed by atoms with van der Waals surface area (Å²) in [6.45, 7) is 1.54. The molecule has 7 heteroatoms. The lowest BCUT2D eigenvalue weighted by Crippen LogP contribution is -2.39. The monoisotopic (exact) mass is 253 g/mol. The maximum atomic E-state index is 12.2. The molecule has 2 aliphatic carbocycles. The first kappa shape index (κ1) is 11.8. The van der Waals surface area contributed by atoms with E-state index in [1.807, 2.05) is 4.72 Å². The van der Waals surface area contributed by atoms with Gasteiger partial charge in [-0.15, -0.1) is 0 Å². The molecule has 0 aromatic rings. The Kier molecular flexibility index (Phi) is 2.49. The van der Waals surface area contributed by atoms with Gasteiger partial charge in [-0.3, -0.25) is 9.52 Å².